The summed E-state index contributed by atoms with van der Waals surface area (Å²) in [4.78, 5) is 9.97. The van der Waals surface area contributed by atoms with E-state index in [1.807, 2.05) is 67.6 Å². The lowest BCUT2D eigenvalue weighted by molar-refractivity contribution is 0.134. The van der Waals surface area contributed by atoms with Crippen molar-refractivity contribution >= 4 is 39.6 Å². The minimum absolute atomic E-state index is 0. The van der Waals surface area contributed by atoms with E-state index in [-0.39, 0.29) is 23.0 Å². The predicted molar refractivity (Wildman–Crippen MR) is 281 cm³/mol. The molecular formula is C51H72ClN7O8S3. The number of nitrogens with zero attached hydrogens (tertiary/aromatic N) is 4. The van der Waals surface area contributed by atoms with Gasteiger partial charge < -0.3 is 25.8 Å². The molecule has 70 heavy (non-hydrogen) atoms. The van der Waals surface area contributed by atoms with Crippen LogP contribution >= 0.6 is 10.7 Å². The van der Waals surface area contributed by atoms with E-state index < -0.39 is 28.9 Å². The molecule has 0 amide bonds. The van der Waals surface area contributed by atoms with Gasteiger partial charge in [-0.1, -0.05) is 85.8 Å². The largest absolute Gasteiger partial charge is 0.489 e. The number of aryl methyl sites for hydroxylation is 1. The molecule has 5 aromatic rings. The van der Waals surface area contributed by atoms with Gasteiger partial charge >= 0.3 is 0 Å². The zero-order valence-electron chi connectivity index (χ0n) is 39.4. The van der Waals surface area contributed by atoms with Gasteiger partial charge in [-0.05, 0) is 91.7 Å². The molecular weight excluding hydrogens is 970 g/mol. The van der Waals surface area contributed by atoms with Crippen molar-refractivity contribution in [3.05, 3.63) is 150 Å². The normalized spacial score (nSPS) is 15.1. The molecule has 0 saturated carbocycles. The summed E-state index contributed by atoms with van der Waals surface area (Å²) in [6, 6.07) is 39.0. The number of nitrogens with two attached hydrogens (primary N) is 2. The minimum atomic E-state index is -3.67. The number of nitrogens with one attached hydrogen (secondary N) is 1. The molecule has 384 valence electrons. The number of hydrogen-bond acceptors (Lipinski definition) is 14. The molecule has 0 radical (unpaired) electrons. The van der Waals surface area contributed by atoms with E-state index in [4.69, 9.17) is 31.6 Å². The van der Waals surface area contributed by atoms with Crippen LogP contribution in [0.3, 0.4) is 0 Å². The zero-order valence-corrected chi connectivity index (χ0v) is 42.7. The van der Waals surface area contributed by atoms with Crippen molar-refractivity contribution in [3.63, 3.8) is 0 Å². The number of sulfonamides is 1. The van der Waals surface area contributed by atoms with Gasteiger partial charge in [0.25, 0.3) is 9.05 Å². The van der Waals surface area contributed by atoms with Gasteiger partial charge in [0, 0.05) is 102 Å². The van der Waals surface area contributed by atoms with E-state index in [1.54, 1.807) is 60.7 Å². The molecule has 5 N–H and O–H groups in total. The van der Waals surface area contributed by atoms with Gasteiger partial charge in [0.05, 0.1) is 20.4 Å². The van der Waals surface area contributed by atoms with E-state index >= 15 is 0 Å². The summed E-state index contributed by atoms with van der Waals surface area (Å²) < 4.78 is 86.6. The highest BCUT2D eigenvalue weighted by atomic mass is 35.7. The van der Waals surface area contributed by atoms with Crippen LogP contribution in [-0.4, -0.2) is 149 Å². The van der Waals surface area contributed by atoms with E-state index in [2.05, 4.69) is 24.3 Å². The molecule has 0 bridgehead atoms. The molecule has 0 spiro atoms. The average molecular weight is 1040 g/mol. The van der Waals surface area contributed by atoms with E-state index in [0.29, 0.717) is 55.7 Å². The van der Waals surface area contributed by atoms with Gasteiger partial charge in [0.1, 0.15) is 24.7 Å². The lowest BCUT2D eigenvalue weighted by Crippen LogP contribution is -2.48. The van der Waals surface area contributed by atoms with Crippen LogP contribution < -0.4 is 25.7 Å². The van der Waals surface area contributed by atoms with Gasteiger partial charge in [-0.15, -0.1) is 0 Å². The Kier molecular flexibility index (Phi) is 24.7. The third-order valence-electron chi connectivity index (χ3n) is 11.5. The number of hydrogen-bond donors (Lipinski definition) is 3. The van der Waals surface area contributed by atoms with E-state index in [0.717, 1.165) is 95.2 Å². The van der Waals surface area contributed by atoms with Crippen LogP contribution in [0.5, 0.6) is 11.5 Å². The number of ether oxygens (including phenoxy) is 2. The van der Waals surface area contributed by atoms with Gasteiger partial charge in [0.15, 0.2) is 9.84 Å². The molecule has 5 aromatic carbocycles. The summed E-state index contributed by atoms with van der Waals surface area (Å²) in [6.07, 6.45) is 0.560. The summed E-state index contributed by atoms with van der Waals surface area (Å²) >= 11 is 0. The second-order valence-electron chi connectivity index (χ2n) is 16.8. The summed E-state index contributed by atoms with van der Waals surface area (Å²) in [5.74, 6) is 1.33. The molecule has 15 nitrogen and oxygen atoms in total. The predicted octanol–water partition coefficient (Wildman–Crippen LogP) is 5.68. The maximum absolute atomic E-state index is 12.8. The maximum Gasteiger partial charge on any atom is 0.261 e. The van der Waals surface area contributed by atoms with Crippen molar-refractivity contribution in [2.45, 2.75) is 48.7 Å². The standard InChI is InChI=1S/C29H37N3O5S2.C13H11ClO3S.C8H20N4.CH4/c1-25-8-12-29(13-9-25)39(35,36)30-16-18-32-21-19-31(20-22-32)17-5-23-38(33,34)28-14-10-27(11-15-28)37-24-26-6-3-2-4-7-26;14-18(15,16)13-8-6-12(7-9-13)17-10-11-4-2-1-3-5-11;9-1-3-11-5-7-12(4-2-10)8-6-11;/h2-4,6-15,30H,5,16-24H2,1H3;1-9H,10H2;1-10H2;1H4. The molecule has 2 aliphatic heterocycles. The van der Waals surface area contributed by atoms with Crippen molar-refractivity contribution in [1.82, 2.24) is 24.3 Å². The Morgan fingerprint density at radius 1 is 0.514 bits per heavy atom. The van der Waals surface area contributed by atoms with Crippen LogP contribution in [0.15, 0.2) is 148 Å². The monoisotopic (exact) mass is 1040 g/mol. The van der Waals surface area contributed by atoms with Crippen molar-refractivity contribution < 1.29 is 34.7 Å². The van der Waals surface area contributed by atoms with Gasteiger partial charge in [-0.3, -0.25) is 14.7 Å². The fourth-order valence-electron chi connectivity index (χ4n) is 7.50. The molecule has 0 unspecified atom stereocenters. The van der Waals surface area contributed by atoms with Crippen LogP contribution in [0.1, 0.15) is 30.5 Å². The molecule has 2 aliphatic rings. The van der Waals surface area contributed by atoms with Crippen molar-refractivity contribution in [2.24, 2.45) is 11.5 Å². The minimum Gasteiger partial charge on any atom is -0.489 e. The third-order valence-corrected chi connectivity index (χ3v) is 16.2. The fourth-order valence-corrected chi connectivity index (χ4v) is 10.6. The summed E-state index contributed by atoms with van der Waals surface area (Å²) in [5.41, 5.74) is 14.1. The van der Waals surface area contributed by atoms with Crippen LogP contribution in [-0.2, 0) is 42.1 Å². The SMILES string of the molecule is C.Cc1ccc(S(=O)(=O)NCCN2CCN(CCCS(=O)(=O)c3ccc(OCc4ccccc4)cc3)CC2)cc1.NCCN1CCN(CCN)CC1.O=S(=O)(Cl)c1ccc(OCc2ccccc2)cc1. The fraction of sp³-hybridized carbons (Fsp3) is 0.412. The Morgan fingerprint density at radius 2 is 0.900 bits per heavy atom. The second kappa shape index (κ2) is 29.8. The second-order valence-corrected chi connectivity index (χ2v) is 23.2. The third kappa shape index (κ3) is 20.7. The first kappa shape index (κ1) is 58.1. The smallest absolute Gasteiger partial charge is 0.261 e. The first-order valence-corrected chi connectivity index (χ1v) is 28.6. The Morgan fingerprint density at radius 3 is 1.31 bits per heavy atom. The zero-order chi connectivity index (χ0) is 49.5. The highest BCUT2D eigenvalue weighted by Crippen LogP contribution is 2.21. The number of piperazine rings is 2. The van der Waals surface area contributed by atoms with Gasteiger partial charge in [-0.2, -0.15) is 0 Å². The molecule has 2 heterocycles. The first-order valence-electron chi connectivity index (χ1n) is 23.2. The molecule has 19 heteroatoms. The highest BCUT2D eigenvalue weighted by Gasteiger charge is 2.21. The molecule has 0 aliphatic carbocycles. The summed E-state index contributed by atoms with van der Waals surface area (Å²) in [5, 5.41) is 0. The molecule has 2 fully saturated rings. The number of benzene rings is 5. The number of rotatable bonds is 21. The number of halogens is 1. The van der Waals surface area contributed by atoms with Crippen molar-refractivity contribution in [2.75, 3.05) is 104 Å². The maximum atomic E-state index is 12.8. The Labute approximate surface area is 422 Å². The lowest BCUT2D eigenvalue weighted by Gasteiger charge is -2.34. The molecule has 2 saturated heterocycles. The molecule has 0 atom stereocenters. The van der Waals surface area contributed by atoms with E-state index in [9.17, 15) is 25.3 Å². The molecule has 0 aromatic heterocycles. The van der Waals surface area contributed by atoms with Gasteiger partial charge in [-0.25, -0.2) is 30.0 Å². The summed E-state index contributed by atoms with van der Waals surface area (Å²) in [6.45, 7) is 16.0. The van der Waals surface area contributed by atoms with Crippen LogP contribution in [0.2, 0.25) is 0 Å². The average Bonchev–Trinajstić information content (AvgIpc) is 3.35. The Bertz CT molecular complexity index is 2550. The lowest BCUT2D eigenvalue weighted by atomic mass is 10.2. The van der Waals surface area contributed by atoms with Crippen LogP contribution in [0, 0.1) is 6.92 Å². The first-order chi connectivity index (χ1) is 33.1. The quantitative estimate of drug-likeness (QED) is 0.0759. The van der Waals surface area contributed by atoms with Gasteiger partial charge in [0.2, 0.25) is 10.0 Å². The topological polar surface area (TPSA) is 198 Å². The molecule has 7 rings (SSSR count). The van der Waals surface area contributed by atoms with Crippen LogP contribution in [0.4, 0.5) is 0 Å². The Balaban J connectivity index is 0.000000281. The number of sulfone groups is 1. The van der Waals surface area contributed by atoms with E-state index in [1.165, 1.54) is 12.1 Å². The summed E-state index contributed by atoms with van der Waals surface area (Å²) in [7, 11) is -5.33. The van der Waals surface area contributed by atoms with Crippen molar-refractivity contribution in [1.29, 1.82) is 0 Å². The highest BCUT2D eigenvalue weighted by molar-refractivity contribution is 8.13. The van der Waals surface area contributed by atoms with Crippen LogP contribution in [0.25, 0.3) is 0 Å². The van der Waals surface area contributed by atoms with Crippen molar-refractivity contribution in [3.8, 4) is 11.5 Å². The Hall–Kier alpha value is -4.44.